The van der Waals surface area contributed by atoms with Crippen LogP contribution in [0.3, 0.4) is 0 Å². The summed E-state index contributed by atoms with van der Waals surface area (Å²) in [5, 5.41) is 23.9. The molecule has 11 heteroatoms. The summed E-state index contributed by atoms with van der Waals surface area (Å²) in [5.74, 6) is -6.49. The molecule has 0 saturated carbocycles. The zero-order valence-corrected chi connectivity index (χ0v) is 30.8. The number of carboxylic acid groups (broad SMARTS) is 2. The van der Waals surface area contributed by atoms with E-state index in [0.29, 0.717) is 25.7 Å². The van der Waals surface area contributed by atoms with Gasteiger partial charge in [-0.05, 0) is 24.7 Å². The van der Waals surface area contributed by atoms with Crippen LogP contribution in [0.4, 0.5) is 0 Å². The van der Waals surface area contributed by atoms with E-state index in [9.17, 15) is 32.8 Å². The molecule has 0 fully saturated rings. The number of carboxylic acids is 2. The first-order valence-electron chi connectivity index (χ1n) is 10.4. The molecule has 0 aliphatic heterocycles. The molecule has 0 N–H and O–H groups in total. The van der Waals surface area contributed by atoms with Crippen LogP contribution >= 0.6 is 0 Å². The third-order valence-corrected chi connectivity index (χ3v) is 7.40. The van der Waals surface area contributed by atoms with E-state index in [1.807, 2.05) is 20.8 Å². The number of rotatable bonds is 16. The number of unbranched alkanes of at least 4 members (excludes halogenated alkanes) is 2. The maximum Gasteiger partial charge on any atom is 1.00 e. The summed E-state index contributed by atoms with van der Waals surface area (Å²) < 4.78 is 33.5. The van der Waals surface area contributed by atoms with E-state index in [2.05, 4.69) is 0 Å². The molecule has 0 aliphatic carbocycles. The van der Waals surface area contributed by atoms with Gasteiger partial charge in [-0.25, -0.2) is 8.42 Å². The third-order valence-electron chi connectivity index (χ3n) is 5.89. The predicted octanol–water partition coefficient (Wildman–Crippen LogP) is -7.39. The van der Waals surface area contributed by atoms with E-state index in [0.717, 1.165) is 25.7 Å². The van der Waals surface area contributed by atoms with Crippen LogP contribution in [-0.4, -0.2) is 29.7 Å². The molecular formula is C20H35K3O7S. The van der Waals surface area contributed by atoms with Gasteiger partial charge in [-0.15, -0.1) is 0 Å². The van der Waals surface area contributed by atoms with Crippen molar-refractivity contribution in [2.24, 2.45) is 17.8 Å². The molecule has 0 rings (SSSR count). The summed E-state index contributed by atoms with van der Waals surface area (Å²) in [5.41, 5.74) is 0. The van der Waals surface area contributed by atoms with Crippen molar-refractivity contribution in [1.29, 1.82) is 0 Å². The largest absolute Gasteiger partial charge is 1.00 e. The SMILES string of the molecule is CCCCC(CC)CC(C(=O)[O-])C(CC(CC)CCCC)(C(=O)[O-])S(=O)(=O)[O-].[K+].[K+].[K+]. The van der Waals surface area contributed by atoms with Crippen LogP contribution in [0.15, 0.2) is 0 Å². The molecule has 0 spiro atoms. The maximum absolute atomic E-state index is 12.2. The van der Waals surface area contributed by atoms with Gasteiger partial charge in [-0.1, -0.05) is 79.1 Å². The van der Waals surface area contributed by atoms with Crippen molar-refractivity contribution in [1.82, 2.24) is 0 Å². The summed E-state index contributed by atoms with van der Waals surface area (Å²) in [6.45, 7) is 7.50. The quantitative estimate of drug-likeness (QED) is 0.141. The Hall–Kier alpha value is 3.76. The van der Waals surface area contributed by atoms with Crippen molar-refractivity contribution in [2.45, 2.75) is 96.7 Å². The summed E-state index contributed by atoms with van der Waals surface area (Å²) in [6, 6.07) is 0. The van der Waals surface area contributed by atoms with E-state index < -0.39 is 45.1 Å². The smallest absolute Gasteiger partial charge is 0.747 e. The van der Waals surface area contributed by atoms with Gasteiger partial charge in [-0.2, -0.15) is 0 Å². The van der Waals surface area contributed by atoms with Crippen molar-refractivity contribution >= 4 is 22.1 Å². The van der Waals surface area contributed by atoms with Gasteiger partial charge in [-0.3, -0.25) is 0 Å². The fourth-order valence-corrected chi connectivity index (χ4v) is 5.09. The molecule has 0 saturated heterocycles. The van der Waals surface area contributed by atoms with Gasteiger partial charge in [0, 0.05) is 11.9 Å². The monoisotopic (exact) mass is 536 g/mol. The Morgan fingerprint density at radius 3 is 1.55 bits per heavy atom. The van der Waals surface area contributed by atoms with E-state index in [1.54, 1.807) is 6.92 Å². The first-order chi connectivity index (χ1) is 13.0. The summed E-state index contributed by atoms with van der Waals surface area (Å²) in [6.07, 6.45) is 4.58. The normalized spacial score (nSPS) is 15.8. The second-order valence-corrected chi connectivity index (χ2v) is 9.41. The molecule has 0 aromatic rings. The number of hydrogen-bond donors (Lipinski definition) is 0. The fraction of sp³-hybridized carbons (Fsp3) is 0.900. The molecular weight excluding hydrogens is 502 g/mol. The molecule has 0 amide bonds. The Labute approximate surface area is 316 Å². The fourth-order valence-electron chi connectivity index (χ4n) is 3.91. The van der Waals surface area contributed by atoms with Gasteiger partial charge in [0.25, 0.3) is 0 Å². The molecule has 0 aliphatic rings. The molecule has 4 atom stereocenters. The third kappa shape index (κ3) is 13.8. The average Bonchev–Trinajstić information content (AvgIpc) is 2.61. The molecule has 7 nitrogen and oxygen atoms in total. The summed E-state index contributed by atoms with van der Waals surface area (Å²) in [4.78, 5) is 23.9. The number of aliphatic carboxylic acids is 2. The van der Waals surface area contributed by atoms with Gasteiger partial charge in [0.1, 0.15) is 14.9 Å². The van der Waals surface area contributed by atoms with Gasteiger partial charge in [0.15, 0.2) is 0 Å². The standard InChI is InChI=1S/C20H38O7S.3K/c1-5-9-11-15(7-3)13-17(18(21)22)20(19(23)24,28(25,26)27)14-16(8-4)12-10-6-2;;;/h15-17H,5-14H2,1-4H3,(H,21,22)(H,23,24)(H,25,26,27);;;/q;3*+1/p-3. The number of hydrogen-bond acceptors (Lipinski definition) is 7. The van der Waals surface area contributed by atoms with Crippen LogP contribution in [0.25, 0.3) is 0 Å². The van der Waals surface area contributed by atoms with E-state index in [-0.39, 0.29) is 166 Å². The second-order valence-electron chi connectivity index (χ2n) is 7.78. The van der Waals surface area contributed by atoms with Crippen molar-refractivity contribution < 1.29 is 187 Å². The molecule has 166 valence electrons. The number of carbonyl (C=O) groups excluding carboxylic acids is 2. The zero-order valence-electron chi connectivity index (χ0n) is 20.6. The van der Waals surface area contributed by atoms with Gasteiger partial charge in [0.05, 0.1) is 5.97 Å². The first kappa shape index (κ1) is 41.9. The van der Waals surface area contributed by atoms with Crippen LogP contribution < -0.4 is 164 Å². The van der Waals surface area contributed by atoms with Crippen molar-refractivity contribution in [3.63, 3.8) is 0 Å². The Kier molecular flexibility index (Phi) is 29.5. The minimum atomic E-state index is -5.51. The molecule has 0 aromatic carbocycles. The van der Waals surface area contributed by atoms with Crippen LogP contribution in [0.2, 0.25) is 0 Å². The summed E-state index contributed by atoms with van der Waals surface area (Å²) >= 11 is 0. The maximum atomic E-state index is 12.2. The average molecular weight is 537 g/mol. The van der Waals surface area contributed by atoms with Gasteiger partial charge in [0.2, 0.25) is 0 Å². The van der Waals surface area contributed by atoms with Crippen LogP contribution in [0.5, 0.6) is 0 Å². The van der Waals surface area contributed by atoms with E-state index in [4.69, 9.17) is 0 Å². The van der Waals surface area contributed by atoms with Crippen molar-refractivity contribution in [3.05, 3.63) is 0 Å². The minimum Gasteiger partial charge on any atom is -0.747 e. The van der Waals surface area contributed by atoms with Crippen molar-refractivity contribution in [2.75, 3.05) is 0 Å². The molecule has 31 heavy (non-hydrogen) atoms. The molecule has 0 heterocycles. The van der Waals surface area contributed by atoms with Crippen molar-refractivity contribution in [3.8, 4) is 0 Å². The van der Waals surface area contributed by atoms with Crippen LogP contribution in [0, 0.1) is 17.8 Å². The number of carbonyl (C=O) groups is 2. The predicted molar refractivity (Wildman–Crippen MR) is 102 cm³/mol. The first-order valence-corrected chi connectivity index (χ1v) is 11.8. The van der Waals surface area contributed by atoms with Gasteiger partial charge >= 0.3 is 154 Å². The molecule has 0 bridgehead atoms. The Bertz CT molecular complexity index is 602. The van der Waals surface area contributed by atoms with Gasteiger partial charge < -0.3 is 24.4 Å². The second kappa shape index (κ2) is 21.8. The van der Waals surface area contributed by atoms with E-state index >= 15 is 0 Å². The van der Waals surface area contributed by atoms with Crippen LogP contribution in [0.1, 0.15) is 91.9 Å². The zero-order chi connectivity index (χ0) is 22.0. The topological polar surface area (TPSA) is 137 Å². The molecule has 0 radical (unpaired) electrons. The molecule has 0 aromatic heterocycles. The summed E-state index contributed by atoms with van der Waals surface area (Å²) in [7, 11) is -5.51. The Morgan fingerprint density at radius 1 is 0.839 bits per heavy atom. The Balaban J connectivity index is -0.00000121. The van der Waals surface area contributed by atoms with E-state index in [1.165, 1.54) is 0 Å². The van der Waals surface area contributed by atoms with Crippen LogP contribution in [-0.2, 0) is 19.7 Å². The molecule has 4 unspecified atom stereocenters. The Morgan fingerprint density at radius 2 is 1.26 bits per heavy atom. The minimum absolute atomic E-state index is 0.